The summed E-state index contributed by atoms with van der Waals surface area (Å²) in [5, 5.41) is 7.62. The second-order valence-electron chi connectivity index (χ2n) is 6.96. The number of carbonyl (C=O) groups excluding carboxylic acids is 3. The Morgan fingerprint density at radius 3 is 2.66 bits per heavy atom. The molecule has 1 saturated heterocycles. The summed E-state index contributed by atoms with van der Waals surface area (Å²) in [5.41, 5.74) is -0.885. The van der Waals surface area contributed by atoms with E-state index in [1.165, 1.54) is 19.1 Å². The van der Waals surface area contributed by atoms with Crippen molar-refractivity contribution in [2.45, 2.75) is 31.0 Å². The number of anilines is 2. The van der Waals surface area contributed by atoms with Crippen LogP contribution in [0.4, 0.5) is 15.9 Å². The van der Waals surface area contributed by atoms with Crippen LogP contribution in [0.5, 0.6) is 0 Å². The Morgan fingerprint density at radius 2 is 2.00 bits per heavy atom. The molecule has 1 aliphatic heterocycles. The average molecular weight is 463 g/mol. The quantitative estimate of drug-likeness (QED) is 0.343. The molecule has 1 fully saturated rings. The molecule has 10 nitrogen and oxygen atoms in total. The van der Waals surface area contributed by atoms with Crippen molar-refractivity contribution in [3.63, 3.8) is 0 Å². The van der Waals surface area contributed by atoms with Crippen LogP contribution < -0.4 is 21.5 Å². The van der Waals surface area contributed by atoms with Crippen LogP contribution in [0, 0.1) is 5.82 Å². The van der Waals surface area contributed by atoms with Crippen LogP contribution in [0.1, 0.15) is 30.1 Å². The minimum atomic E-state index is -0.721. The van der Waals surface area contributed by atoms with E-state index >= 15 is 0 Å². The topological polar surface area (TPSA) is 142 Å². The van der Waals surface area contributed by atoms with Crippen LogP contribution in [0.25, 0.3) is 0 Å². The van der Waals surface area contributed by atoms with E-state index in [9.17, 15) is 23.6 Å². The molecular weight excluding hydrogens is 441 g/mol. The first-order valence-corrected chi connectivity index (χ1v) is 10.8. The molecule has 170 valence electrons. The van der Waals surface area contributed by atoms with E-state index in [-0.39, 0.29) is 40.0 Å². The fourth-order valence-corrected chi connectivity index (χ4v) is 3.59. The van der Waals surface area contributed by atoms with Crippen molar-refractivity contribution in [3.8, 4) is 0 Å². The Bertz CT molecular complexity index is 1050. The van der Waals surface area contributed by atoms with Crippen LogP contribution in [0.2, 0.25) is 0 Å². The molecule has 0 saturated carbocycles. The predicted octanol–water partition coefficient (Wildman–Crippen LogP) is 1.51. The summed E-state index contributed by atoms with van der Waals surface area (Å²) >= 11 is 0.967. The zero-order valence-electron chi connectivity index (χ0n) is 17.2. The zero-order valence-corrected chi connectivity index (χ0v) is 18.0. The Kier molecular flexibility index (Phi) is 7.95. The van der Waals surface area contributed by atoms with Gasteiger partial charge in [0.15, 0.2) is 16.7 Å². The summed E-state index contributed by atoms with van der Waals surface area (Å²) in [6.45, 7) is 2.32. The van der Waals surface area contributed by atoms with Crippen molar-refractivity contribution >= 4 is 41.0 Å². The fourth-order valence-electron chi connectivity index (χ4n) is 2.90. The number of carbonyl (C=O) groups is 3. The number of halogens is 1. The van der Waals surface area contributed by atoms with Gasteiger partial charge in [0.1, 0.15) is 5.82 Å². The largest absolute Gasteiger partial charge is 0.376 e. The van der Waals surface area contributed by atoms with Crippen molar-refractivity contribution in [2.24, 2.45) is 0 Å². The maximum Gasteiger partial charge on any atom is 0.277 e. The number of aromatic amines is 1. The van der Waals surface area contributed by atoms with Gasteiger partial charge in [-0.3, -0.25) is 24.2 Å². The standard InChI is InChI=1S/C20H22FN5O5S/c1-11(27)23-17-16(24-18(29)12-4-6-13(21)7-5-12)19(30)26-20(25-17)32-10-15(28)22-9-14-3-2-8-31-14/h4-7,14H,2-3,8-10H2,1H3,(H,22,28)(H,24,29)(H2,23,25,26,27,30)/t14-/m1/s1. The molecule has 0 spiro atoms. The summed E-state index contributed by atoms with van der Waals surface area (Å²) in [5.74, 6) is -2.15. The first-order chi connectivity index (χ1) is 15.3. The minimum absolute atomic E-state index is 0.0113. The Hall–Kier alpha value is -3.25. The summed E-state index contributed by atoms with van der Waals surface area (Å²) < 4.78 is 18.5. The van der Waals surface area contributed by atoms with Gasteiger partial charge < -0.3 is 20.7 Å². The van der Waals surface area contributed by atoms with Crippen LogP contribution in [-0.2, 0) is 14.3 Å². The highest BCUT2D eigenvalue weighted by molar-refractivity contribution is 7.99. The Balaban J connectivity index is 1.69. The molecule has 32 heavy (non-hydrogen) atoms. The van der Waals surface area contributed by atoms with E-state index in [0.717, 1.165) is 36.7 Å². The number of nitrogens with one attached hydrogen (secondary N) is 4. The highest BCUT2D eigenvalue weighted by Crippen LogP contribution is 2.20. The number of thioether (sulfide) groups is 1. The van der Waals surface area contributed by atoms with E-state index in [0.29, 0.717) is 13.2 Å². The number of nitrogens with zero attached hydrogens (tertiary/aromatic N) is 1. The highest BCUT2D eigenvalue weighted by atomic mass is 32.2. The van der Waals surface area contributed by atoms with Gasteiger partial charge >= 0.3 is 0 Å². The maximum atomic E-state index is 13.1. The third kappa shape index (κ3) is 6.62. The molecule has 0 unspecified atom stereocenters. The summed E-state index contributed by atoms with van der Waals surface area (Å²) in [6, 6.07) is 4.72. The molecule has 3 amide bonds. The zero-order chi connectivity index (χ0) is 23.1. The van der Waals surface area contributed by atoms with E-state index in [1.54, 1.807) is 0 Å². The lowest BCUT2D eigenvalue weighted by atomic mass is 10.2. The van der Waals surface area contributed by atoms with E-state index < -0.39 is 23.2 Å². The van der Waals surface area contributed by atoms with Gasteiger partial charge in [0.25, 0.3) is 11.5 Å². The van der Waals surface area contributed by atoms with E-state index in [2.05, 4.69) is 25.9 Å². The van der Waals surface area contributed by atoms with Gasteiger partial charge in [-0.25, -0.2) is 9.37 Å². The van der Waals surface area contributed by atoms with Crippen LogP contribution in [-0.4, -0.2) is 52.7 Å². The smallest absolute Gasteiger partial charge is 0.277 e. The minimum Gasteiger partial charge on any atom is -0.376 e. The number of ether oxygens (including phenoxy) is 1. The van der Waals surface area contributed by atoms with Gasteiger partial charge in [0, 0.05) is 25.6 Å². The number of hydrogen-bond acceptors (Lipinski definition) is 7. The van der Waals surface area contributed by atoms with Gasteiger partial charge in [-0.15, -0.1) is 0 Å². The third-order valence-corrected chi connectivity index (χ3v) is 5.30. The number of amides is 3. The van der Waals surface area contributed by atoms with Crippen molar-refractivity contribution in [3.05, 3.63) is 46.0 Å². The average Bonchev–Trinajstić information content (AvgIpc) is 3.27. The first kappa shape index (κ1) is 23.4. The van der Waals surface area contributed by atoms with Crippen molar-refractivity contribution < 1.29 is 23.5 Å². The number of hydrogen-bond donors (Lipinski definition) is 4. The lowest BCUT2D eigenvalue weighted by molar-refractivity contribution is -0.119. The Labute approximate surface area is 186 Å². The summed E-state index contributed by atoms with van der Waals surface area (Å²) in [4.78, 5) is 55.2. The molecule has 3 rings (SSSR count). The summed E-state index contributed by atoms with van der Waals surface area (Å²) in [7, 11) is 0. The molecule has 0 bridgehead atoms. The lowest BCUT2D eigenvalue weighted by Crippen LogP contribution is -2.33. The SMILES string of the molecule is CC(=O)Nc1nc(SCC(=O)NC[C@H]2CCCO2)[nH]c(=O)c1NC(=O)c1ccc(F)cc1. The van der Waals surface area contributed by atoms with Crippen molar-refractivity contribution in [1.82, 2.24) is 15.3 Å². The first-order valence-electron chi connectivity index (χ1n) is 9.81. The van der Waals surface area contributed by atoms with Crippen LogP contribution in [0.15, 0.2) is 34.2 Å². The van der Waals surface area contributed by atoms with Crippen LogP contribution in [0.3, 0.4) is 0 Å². The van der Waals surface area contributed by atoms with E-state index in [4.69, 9.17) is 4.74 Å². The van der Waals surface area contributed by atoms with Gasteiger partial charge in [-0.2, -0.15) is 0 Å². The monoisotopic (exact) mass is 463 g/mol. The second kappa shape index (κ2) is 10.9. The second-order valence-corrected chi connectivity index (χ2v) is 7.93. The lowest BCUT2D eigenvalue weighted by Gasteiger charge is -2.12. The normalized spacial score (nSPS) is 15.2. The van der Waals surface area contributed by atoms with Gasteiger partial charge in [0.2, 0.25) is 11.8 Å². The number of benzene rings is 1. The molecule has 0 radical (unpaired) electrons. The van der Waals surface area contributed by atoms with Gasteiger partial charge in [0.05, 0.1) is 11.9 Å². The predicted molar refractivity (Wildman–Crippen MR) is 116 cm³/mol. The molecule has 2 heterocycles. The van der Waals surface area contributed by atoms with E-state index in [1.807, 2.05) is 0 Å². The molecule has 1 atom stereocenters. The molecule has 0 aliphatic carbocycles. The molecule has 1 aliphatic rings. The third-order valence-electron chi connectivity index (χ3n) is 4.43. The fraction of sp³-hybridized carbons (Fsp3) is 0.350. The van der Waals surface area contributed by atoms with Crippen LogP contribution >= 0.6 is 11.8 Å². The van der Waals surface area contributed by atoms with Crippen molar-refractivity contribution in [1.29, 1.82) is 0 Å². The van der Waals surface area contributed by atoms with Gasteiger partial charge in [-0.05, 0) is 37.1 Å². The number of rotatable bonds is 8. The maximum absolute atomic E-state index is 13.1. The Morgan fingerprint density at radius 1 is 1.25 bits per heavy atom. The molecule has 1 aromatic heterocycles. The summed E-state index contributed by atoms with van der Waals surface area (Å²) in [6.07, 6.45) is 1.88. The van der Waals surface area contributed by atoms with Crippen molar-refractivity contribution in [2.75, 3.05) is 29.5 Å². The molecule has 2 aromatic rings. The molecule has 1 aromatic carbocycles. The molecule has 12 heteroatoms. The molecular formula is C20H22FN5O5S. The number of H-pyrrole nitrogens is 1. The number of aromatic nitrogens is 2. The highest BCUT2D eigenvalue weighted by Gasteiger charge is 2.19. The van der Waals surface area contributed by atoms with Gasteiger partial charge in [-0.1, -0.05) is 11.8 Å². The molecule has 4 N–H and O–H groups in total.